The molecule has 0 atom stereocenters. The predicted octanol–water partition coefficient (Wildman–Crippen LogP) is 20.2. The summed E-state index contributed by atoms with van der Waals surface area (Å²) in [6.07, 6.45) is 36.6. The second-order valence-electron chi connectivity index (χ2n) is 35.0. The lowest BCUT2D eigenvalue weighted by atomic mass is 10.0. The van der Waals surface area contributed by atoms with E-state index in [4.69, 9.17) is 25.7 Å². The molecule has 0 radical (unpaired) electrons. The summed E-state index contributed by atoms with van der Waals surface area (Å²) >= 11 is 4.96. The smallest absolute Gasteiger partial charge is 0.261 e. The average molecular weight is 2000 g/mol. The topological polar surface area (TPSA) is 506 Å². The SMILES string of the molecule is CC(C)CC(=O)Nc1cncc(-c2cnc3n[nH]c(-c4nc5c(-c6cccs6)cncc5[nH]4)c3c2)c1.CCC(=O)Nc1cncc(-c2cnc3n[nH]c(-c4nc5c(-c6cccs6)cncc5[nH]4)c3c2)c1.CS(=O)(=O)CCc1cc(F)cc(-c2cncc3[nH]c(-c4[nH]nc5ncc(-c6cncc(CN7CCC(F)(F)C7)c6)cc45)nc23)c1.Nc1cncc(-c2cnc3n[nH]c(-c4nc5c(-c6cccs6)cncc5[nH]4)c3c2)c1. The molecule has 24 heterocycles. The Morgan fingerprint density at radius 1 is 0.441 bits per heavy atom. The number of halogens is 3. The first-order valence-electron chi connectivity index (χ1n) is 45.6. The van der Waals surface area contributed by atoms with Gasteiger partial charge in [0, 0.05) is 207 Å². The average Bonchev–Trinajstić information content (AvgIpc) is 1.59. The second-order valence-corrected chi connectivity index (χ2v) is 40.1. The van der Waals surface area contributed by atoms with Gasteiger partial charge in [0.1, 0.15) is 55.0 Å². The van der Waals surface area contributed by atoms with Crippen LogP contribution in [0.15, 0.2) is 243 Å². The molecule has 0 unspecified atom stereocenters. The van der Waals surface area contributed by atoms with Crippen LogP contribution in [0.25, 0.3) is 221 Å². The molecule has 0 saturated carbocycles. The molecule has 1 fully saturated rings. The number of aromatic nitrogens is 28. The summed E-state index contributed by atoms with van der Waals surface area (Å²) in [7, 11) is -3.22. The van der Waals surface area contributed by atoms with Crippen molar-refractivity contribution in [1.82, 2.24) is 145 Å². The number of hydrogen-bond donors (Lipinski definition) is 11. The standard InChI is InChI=1S/C31H27F3N8O2S.C26H22N8OS.C24H18N8OS.C21H14N8S/c1-45(43,44)5-2-18-6-20(9-23(32)8-18)25-14-36-15-26-27(25)39-30(38-26)28-24-10-22(13-37-29(24)41-40-28)21-7-19(11-35-12-21)16-42-4-3-31(33,34)17-42;1-14(2)6-22(35)30-17-7-15(9-27-11-17)16-8-18-24(33-34-25(18)29-10-16)26-31-20-13-28-12-19(23(20)32-26)21-4-3-5-36-21;1-2-20(33)28-15-6-13(8-25-10-15)14-7-16-22(31-32-23(16)27-9-14)24-29-18-12-26-11-17(21(18)30-24)19-4-3-5-34-19;22-13-4-11(6-23-8-13)12-5-14-19(28-29-20(14)25-7-12)21-26-16-10-24-9-15(18(16)27-21)17-2-1-3-30-17/h6-15H,2-5,16-17H2,1H3,(H,38,39)(H,37,40,41);3-5,7-14H,6H2,1-2H3,(H,30,35)(H,31,32)(H,29,33,34);3-12H,2H2,1H3,(H,28,33)(H,29,30)(H,27,31,32);1-10H,22H2,(H,26,27)(H,25,28,29). The fraction of sp³-hybridized carbons (Fsp3) is 0.137. The van der Waals surface area contributed by atoms with Crippen LogP contribution >= 0.6 is 34.0 Å². The van der Waals surface area contributed by atoms with Gasteiger partial charge in [-0.2, -0.15) is 20.4 Å². The third-order valence-corrected chi connectivity index (χ3v) is 27.7. The lowest BCUT2D eigenvalue weighted by molar-refractivity contribution is -0.117. The number of hydrogen-bond acceptors (Lipinski definition) is 29. The number of carbonyl (C=O) groups excluding carboxylic acids is 2. The van der Waals surface area contributed by atoms with Crippen molar-refractivity contribution in [3.05, 3.63) is 260 Å². The fourth-order valence-corrected chi connectivity index (χ4v) is 20.0. The Morgan fingerprint density at radius 2 is 0.814 bits per heavy atom. The van der Waals surface area contributed by atoms with Crippen molar-refractivity contribution in [2.75, 3.05) is 41.5 Å². The number of benzene rings is 1. The van der Waals surface area contributed by atoms with Crippen LogP contribution in [-0.4, -0.2) is 197 Å². The molecule has 1 saturated heterocycles. The number of nitrogens with zero attached hydrogens (tertiary/aromatic N) is 21. The minimum Gasteiger partial charge on any atom is -0.397 e. The van der Waals surface area contributed by atoms with E-state index in [1.165, 1.54) is 12.1 Å². The van der Waals surface area contributed by atoms with Crippen molar-refractivity contribution in [3.8, 4) is 133 Å². The van der Waals surface area contributed by atoms with E-state index in [0.29, 0.717) is 128 Å². The van der Waals surface area contributed by atoms with E-state index >= 15 is 0 Å². The van der Waals surface area contributed by atoms with E-state index in [1.54, 1.807) is 150 Å². The Hall–Kier alpha value is -17.7. The predicted molar refractivity (Wildman–Crippen MR) is 555 cm³/mol. The van der Waals surface area contributed by atoms with Crippen LogP contribution in [0, 0.1) is 11.7 Å². The van der Waals surface area contributed by atoms with Crippen molar-refractivity contribution in [3.63, 3.8) is 0 Å². The Balaban J connectivity index is 0.000000111. The zero-order valence-electron chi connectivity index (χ0n) is 77.2. The Morgan fingerprint density at radius 3 is 1.20 bits per heavy atom. The molecule has 1 aliphatic heterocycles. The van der Waals surface area contributed by atoms with Gasteiger partial charge < -0.3 is 36.3 Å². The van der Waals surface area contributed by atoms with Gasteiger partial charge in [0.15, 0.2) is 45.9 Å². The molecule has 2 amide bonds. The van der Waals surface area contributed by atoms with Crippen LogP contribution < -0.4 is 16.4 Å². The molecule has 1 aliphatic rings. The monoisotopic (exact) mass is 2000 g/mol. The Kier molecular flexibility index (Phi) is 24.9. The van der Waals surface area contributed by atoms with Crippen molar-refractivity contribution >= 4 is 161 Å². The van der Waals surface area contributed by atoms with Crippen LogP contribution in [0.4, 0.5) is 30.2 Å². The third-order valence-electron chi connectivity index (χ3n) is 24.1. The molecule has 12 N–H and O–H groups in total. The van der Waals surface area contributed by atoms with Gasteiger partial charge in [0.25, 0.3) is 5.92 Å². The van der Waals surface area contributed by atoms with Crippen molar-refractivity contribution < 1.29 is 31.2 Å². The molecule has 24 aromatic rings. The van der Waals surface area contributed by atoms with Crippen molar-refractivity contribution in [2.24, 2.45) is 5.92 Å². The first kappa shape index (κ1) is 92.4. The lowest BCUT2D eigenvalue weighted by Crippen LogP contribution is -2.24. The number of pyridine rings is 12. The Labute approximate surface area is 831 Å². The van der Waals surface area contributed by atoms with Gasteiger partial charge in [0.2, 0.25) is 11.8 Å². The molecule has 718 valence electrons. The van der Waals surface area contributed by atoms with Gasteiger partial charge in [-0.05, 0) is 124 Å². The molecule has 1 aromatic carbocycles. The summed E-state index contributed by atoms with van der Waals surface area (Å²) < 4.78 is 65.3. The molecule has 25 rings (SSSR count). The van der Waals surface area contributed by atoms with E-state index in [1.807, 2.05) is 122 Å². The number of amides is 2. The fourth-order valence-electron chi connectivity index (χ4n) is 17.2. The number of nitrogens with two attached hydrogens (primary N) is 1. The summed E-state index contributed by atoms with van der Waals surface area (Å²) in [4.78, 5) is 114. The lowest BCUT2D eigenvalue weighted by Gasteiger charge is -2.15. The zero-order chi connectivity index (χ0) is 99.1. The zero-order valence-corrected chi connectivity index (χ0v) is 80.5. The summed E-state index contributed by atoms with van der Waals surface area (Å²) in [5, 5.41) is 44.7. The number of H-pyrrole nitrogens is 8. The van der Waals surface area contributed by atoms with Crippen LogP contribution in [-0.2, 0) is 32.4 Å². The number of carbonyl (C=O) groups is 2. The highest BCUT2D eigenvalue weighted by molar-refractivity contribution is 7.90. The number of alkyl halides is 2. The number of thiophene rings is 3. The summed E-state index contributed by atoms with van der Waals surface area (Å²) in [6.45, 7) is 6.28. The van der Waals surface area contributed by atoms with Crippen molar-refractivity contribution in [1.29, 1.82) is 0 Å². The van der Waals surface area contributed by atoms with E-state index in [9.17, 15) is 31.2 Å². The first-order valence-corrected chi connectivity index (χ1v) is 50.3. The van der Waals surface area contributed by atoms with E-state index in [0.717, 1.165) is 154 Å². The quantitative estimate of drug-likeness (QED) is 0.0300. The highest BCUT2D eigenvalue weighted by Gasteiger charge is 2.38. The maximum Gasteiger partial charge on any atom is 0.261 e. The van der Waals surface area contributed by atoms with Gasteiger partial charge in [-0.15, -0.1) is 34.0 Å². The summed E-state index contributed by atoms with van der Waals surface area (Å²) in [6, 6.07) is 32.2. The van der Waals surface area contributed by atoms with Crippen LogP contribution in [0.3, 0.4) is 0 Å². The number of imidazole rings is 4. The number of likely N-dealkylation sites (tertiary alicyclic amines) is 1. The van der Waals surface area contributed by atoms with Gasteiger partial charge in [-0.3, -0.25) is 74.8 Å². The number of nitrogens with one attached hydrogen (secondary N) is 10. The number of aryl methyl sites for hydroxylation is 1. The van der Waals surface area contributed by atoms with Crippen LogP contribution in [0.2, 0.25) is 0 Å². The van der Waals surface area contributed by atoms with Gasteiger partial charge >= 0.3 is 0 Å². The molecule has 23 aromatic heterocycles. The number of rotatable bonds is 22. The molecule has 43 heteroatoms. The van der Waals surface area contributed by atoms with Gasteiger partial charge in [-0.1, -0.05) is 45.0 Å². The number of sulfone groups is 1. The molecule has 145 heavy (non-hydrogen) atoms. The van der Waals surface area contributed by atoms with Crippen LogP contribution in [0.1, 0.15) is 51.2 Å². The van der Waals surface area contributed by atoms with E-state index in [-0.39, 0.29) is 42.9 Å². The molecule has 36 nitrogen and oxygen atoms in total. The molecule has 0 spiro atoms. The first-order chi connectivity index (χ1) is 70.5. The Bertz CT molecular complexity index is 9130. The normalized spacial score (nSPS) is 12.7. The molecule has 0 aliphatic carbocycles. The summed E-state index contributed by atoms with van der Waals surface area (Å²) in [5.41, 5.74) is 31.3. The minimum absolute atomic E-state index is 0.0315. The van der Waals surface area contributed by atoms with E-state index < -0.39 is 21.6 Å². The third kappa shape index (κ3) is 19.8. The highest BCUT2D eigenvalue weighted by Crippen LogP contribution is 2.42. The maximum absolute atomic E-state index is 14.6. The molecular weight excluding hydrogens is 1920 g/mol. The van der Waals surface area contributed by atoms with Crippen LogP contribution in [0.5, 0.6) is 0 Å². The maximum atomic E-state index is 14.6. The number of aromatic amines is 8. The minimum atomic E-state index is -3.22. The molecular formula is C102H81F3N32O4S4. The highest BCUT2D eigenvalue weighted by atomic mass is 32.2. The van der Waals surface area contributed by atoms with Gasteiger partial charge in [-0.25, -0.2) is 61.5 Å². The van der Waals surface area contributed by atoms with Crippen molar-refractivity contribution in [2.45, 2.75) is 58.9 Å². The summed E-state index contributed by atoms with van der Waals surface area (Å²) in [5.74, 6) is -0.589. The van der Waals surface area contributed by atoms with E-state index in [2.05, 4.69) is 149 Å². The number of nitrogen functional groups attached to an aromatic ring is 1. The van der Waals surface area contributed by atoms with Gasteiger partial charge in [0.05, 0.1) is 116 Å². The number of anilines is 3. The second kappa shape index (κ2) is 39.1. The largest absolute Gasteiger partial charge is 0.397 e. The molecule has 0 bridgehead atoms. The number of fused-ring (bicyclic) bond motifs is 8.